The number of aryl methyl sites for hydroxylation is 1. The van der Waals surface area contributed by atoms with Gasteiger partial charge in [0.25, 0.3) is 5.69 Å². The van der Waals surface area contributed by atoms with E-state index >= 15 is 0 Å². The predicted molar refractivity (Wildman–Crippen MR) is 137 cm³/mol. The number of carbonyl (C=O) groups excluding carboxylic acids is 2. The van der Waals surface area contributed by atoms with Crippen LogP contribution in [0.5, 0.6) is 5.75 Å². The van der Waals surface area contributed by atoms with E-state index in [-0.39, 0.29) is 32.9 Å². The molecule has 0 saturated carbocycles. The Morgan fingerprint density at radius 1 is 1.14 bits per heavy atom. The van der Waals surface area contributed by atoms with Crippen LogP contribution in [0.4, 0.5) is 5.69 Å². The molecule has 0 aliphatic carbocycles. The summed E-state index contributed by atoms with van der Waals surface area (Å²) >= 11 is 7.38. The van der Waals surface area contributed by atoms with Gasteiger partial charge in [-0.25, -0.2) is 14.6 Å². The lowest BCUT2D eigenvalue weighted by Crippen LogP contribution is -2.08. The van der Waals surface area contributed by atoms with Crippen molar-refractivity contribution < 1.29 is 24.0 Å². The first-order valence-electron chi connectivity index (χ1n) is 10.6. The Kier molecular flexibility index (Phi) is 6.09. The summed E-state index contributed by atoms with van der Waals surface area (Å²) in [4.78, 5) is 40.4. The lowest BCUT2D eigenvalue weighted by Gasteiger charge is -2.07. The van der Waals surface area contributed by atoms with E-state index in [1.807, 2.05) is 31.2 Å². The first-order valence-corrected chi connectivity index (χ1v) is 11.8. The highest BCUT2D eigenvalue weighted by molar-refractivity contribution is 7.21. The average molecular weight is 519 g/mol. The predicted octanol–water partition coefficient (Wildman–Crippen LogP) is 6.34. The van der Waals surface area contributed by atoms with E-state index in [1.54, 1.807) is 24.3 Å². The van der Waals surface area contributed by atoms with Crippen LogP contribution in [0.3, 0.4) is 0 Å². The number of cyclic esters (lactones) is 1. The number of nitro benzene ring substituents is 1. The number of thiophene rings is 1. The molecule has 3 aromatic carbocycles. The Hall–Kier alpha value is -4.34. The highest BCUT2D eigenvalue weighted by atomic mass is 35.5. The Labute approximate surface area is 213 Å². The van der Waals surface area contributed by atoms with Gasteiger partial charge in [-0.05, 0) is 37.3 Å². The van der Waals surface area contributed by atoms with Crippen molar-refractivity contribution in [2.24, 2.45) is 4.99 Å². The van der Waals surface area contributed by atoms with Gasteiger partial charge < -0.3 is 9.47 Å². The van der Waals surface area contributed by atoms with Gasteiger partial charge in [0.15, 0.2) is 5.70 Å². The van der Waals surface area contributed by atoms with Gasteiger partial charge in [0, 0.05) is 33.3 Å². The number of hydrogen-bond donors (Lipinski definition) is 0. The van der Waals surface area contributed by atoms with Gasteiger partial charge in [-0.15, -0.1) is 11.3 Å². The van der Waals surface area contributed by atoms with E-state index < -0.39 is 16.9 Å². The van der Waals surface area contributed by atoms with Crippen molar-refractivity contribution in [2.75, 3.05) is 0 Å². The van der Waals surface area contributed by atoms with Crippen molar-refractivity contribution in [1.29, 1.82) is 0 Å². The minimum Gasteiger partial charge on any atom is -0.422 e. The molecule has 2 heterocycles. The topological polar surface area (TPSA) is 108 Å². The number of carbonyl (C=O) groups is 2. The minimum absolute atomic E-state index is 0.0567. The number of esters is 2. The third-order valence-corrected chi connectivity index (χ3v) is 6.98. The fourth-order valence-corrected chi connectivity index (χ4v) is 4.93. The van der Waals surface area contributed by atoms with Crippen LogP contribution in [-0.2, 0) is 9.53 Å². The van der Waals surface area contributed by atoms with Gasteiger partial charge in [0.2, 0.25) is 5.90 Å². The van der Waals surface area contributed by atoms with E-state index in [0.29, 0.717) is 21.2 Å². The maximum atomic E-state index is 13.0. The maximum absolute atomic E-state index is 13.0. The number of nitrogens with zero attached hydrogens (tertiary/aromatic N) is 2. The largest absolute Gasteiger partial charge is 0.422 e. The van der Waals surface area contributed by atoms with Crippen LogP contribution in [0.25, 0.3) is 16.2 Å². The van der Waals surface area contributed by atoms with Crippen molar-refractivity contribution in [2.45, 2.75) is 6.92 Å². The fraction of sp³-hybridized carbons (Fsp3) is 0.0385. The maximum Gasteiger partial charge on any atom is 0.363 e. The summed E-state index contributed by atoms with van der Waals surface area (Å²) < 4.78 is 11.4. The standard InChI is InChI=1S/C26H15ClN2O6S/c1-14-6-8-15(9-7-14)24-28-19(25(30)35-24)12-16-4-2-3-5-20(16)34-26(31)23-22(27)18-11-10-17(29(32)33)13-21(18)36-23/h2-13H,1H3/b19-12+. The monoisotopic (exact) mass is 518 g/mol. The molecule has 5 rings (SSSR count). The van der Waals surface area contributed by atoms with Crippen LogP contribution in [0, 0.1) is 17.0 Å². The van der Waals surface area contributed by atoms with E-state index in [0.717, 1.165) is 16.9 Å². The number of halogens is 1. The molecule has 1 aliphatic heterocycles. The molecule has 0 unspecified atom stereocenters. The summed E-state index contributed by atoms with van der Waals surface area (Å²) in [6.07, 6.45) is 1.47. The summed E-state index contributed by atoms with van der Waals surface area (Å²) in [5.74, 6) is -0.985. The Balaban J connectivity index is 1.44. The molecule has 1 aliphatic rings. The molecule has 0 bridgehead atoms. The first-order chi connectivity index (χ1) is 17.3. The Morgan fingerprint density at radius 3 is 2.64 bits per heavy atom. The molecule has 0 atom stereocenters. The quantitative estimate of drug-likeness (QED) is 0.100. The smallest absolute Gasteiger partial charge is 0.363 e. The lowest BCUT2D eigenvalue weighted by molar-refractivity contribution is -0.384. The normalized spacial score (nSPS) is 14.1. The van der Waals surface area contributed by atoms with Crippen LogP contribution < -0.4 is 4.74 Å². The van der Waals surface area contributed by atoms with Crippen LogP contribution in [0.15, 0.2) is 77.4 Å². The fourth-order valence-electron chi connectivity index (χ4n) is 3.51. The molecule has 0 saturated heterocycles. The Bertz CT molecular complexity index is 1620. The molecule has 0 spiro atoms. The van der Waals surface area contributed by atoms with Crippen molar-refractivity contribution in [3.05, 3.63) is 109 Å². The third kappa shape index (κ3) is 4.49. The SMILES string of the molecule is Cc1ccc(C2=N/C(=C/c3ccccc3OC(=O)c3sc4cc([N+](=O)[O-])ccc4c3Cl)C(=O)O2)cc1. The average Bonchev–Trinajstić information content (AvgIpc) is 3.40. The number of aliphatic imine (C=N–C) groups is 1. The summed E-state index contributed by atoms with van der Waals surface area (Å²) in [6, 6.07) is 18.2. The van der Waals surface area contributed by atoms with Crippen molar-refractivity contribution in [1.82, 2.24) is 0 Å². The molecule has 36 heavy (non-hydrogen) atoms. The number of fused-ring (bicyclic) bond motifs is 1. The number of benzene rings is 3. The van der Waals surface area contributed by atoms with Crippen LogP contribution in [0.2, 0.25) is 5.02 Å². The van der Waals surface area contributed by atoms with Crippen LogP contribution in [-0.4, -0.2) is 22.8 Å². The van der Waals surface area contributed by atoms with Gasteiger partial charge in [0.1, 0.15) is 10.6 Å². The van der Waals surface area contributed by atoms with E-state index in [2.05, 4.69) is 4.99 Å². The minimum atomic E-state index is -0.729. The first kappa shape index (κ1) is 23.4. The summed E-state index contributed by atoms with van der Waals surface area (Å²) in [5.41, 5.74) is 2.11. The van der Waals surface area contributed by atoms with Gasteiger partial charge >= 0.3 is 11.9 Å². The summed E-state index contributed by atoms with van der Waals surface area (Å²) in [5, 5.41) is 11.7. The number of non-ortho nitro benzene ring substituents is 1. The zero-order chi connectivity index (χ0) is 25.4. The van der Waals surface area contributed by atoms with E-state index in [9.17, 15) is 19.7 Å². The second kappa shape index (κ2) is 9.37. The number of rotatable bonds is 5. The van der Waals surface area contributed by atoms with Crippen molar-refractivity contribution in [3.63, 3.8) is 0 Å². The molecule has 1 aromatic heterocycles. The van der Waals surface area contributed by atoms with Crippen molar-refractivity contribution in [3.8, 4) is 5.75 Å². The highest BCUT2D eigenvalue weighted by Gasteiger charge is 2.25. The van der Waals surface area contributed by atoms with Gasteiger partial charge in [-0.3, -0.25) is 10.1 Å². The number of hydrogen-bond acceptors (Lipinski definition) is 8. The summed E-state index contributed by atoms with van der Waals surface area (Å²) in [6.45, 7) is 1.95. The Morgan fingerprint density at radius 2 is 1.89 bits per heavy atom. The van der Waals surface area contributed by atoms with Crippen LogP contribution in [0.1, 0.15) is 26.4 Å². The zero-order valence-corrected chi connectivity index (χ0v) is 20.1. The van der Waals surface area contributed by atoms with E-state index in [4.69, 9.17) is 21.1 Å². The molecule has 0 N–H and O–H groups in total. The van der Waals surface area contributed by atoms with E-state index in [1.165, 1.54) is 24.3 Å². The molecule has 178 valence electrons. The molecule has 4 aromatic rings. The number of para-hydroxylation sites is 1. The second-order valence-electron chi connectivity index (χ2n) is 7.81. The molecular weight excluding hydrogens is 504 g/mol. The van der Waals surface area contributed by atoms with Gasteiger partial charge in [-0.2, -0.15) is 0 Å². The van der Waals surface area contributed by atoms with Gasteiger partial charge in [-0.1, -0.05) is 47.5 Å². The molecule has 0 amide bonds. The zero-order valence-electron chi connectivity index (χ0n) is 18.6. The third-order valence-electron chi connectivity index (χ3n) is 5.34. The summed E-state index contributed by atoms with van der Waals surface area (Å²) in [7, 11) is 0. The lowest BCUT2D eigenvalue weighted by atomic mass is 10.1. The molecule has 0 radical (unpaired) electrons. The molecule has 10 heteroatoms. The van der Waals surface area contributed by atoms with Crippen LogP contribution >= 0.6 is 22.9 Å². The molecular formula is C26H15ClN2O6S. The number of ether oxygens (including phenoxy) is 2. The second-order valence-corrected chi connectivity index (χ2v) is 9.24. The number of nitro groups is 1. The molecule has 0 fully saturated rings. The molecule has 8 nitrogen and oxygen atoms in total. The van der Waals surface area contributed by atoms with Gasteiger partial charge in [0.05, 0.1) is 9.95 Å². The van der Waals surface area contributed by atoms with Crippen molar-refractivity contribution >= 4 is 62.6 Å². The highest BCUT2D eigenvalue weighted by Crippen LogP contribution is 2.38.